The van der Waals surface area contributed by atoms with Crippen LogP contribution >= 0.6 is 15.9 Å². The van der Waals surface area contributed by atoms with Crippen LogP contribution in [0, 0.1) is 11.3 Å². The molecule has 2 aromatic rings. The normalized spacial score (nSPS) is 9.65. The lowest BCUT2D eigenvalue weighted by molar-refractivity contribution is 0.482. The Morgan fingerprint density at radius 1 is 1.12 bits per heavy atom. The molecule has 0 fully saturated rings. The van der Waals surface area contributed by atoms with E-state index in [2.05, 4.69) is 15.9 Å². The number of nitrogens with two attached hydrogens (primary N) is 1. The maximum Gasteiger partial charge on any atom is 0.128 e. The van der Waals surface area contributed by atoms with Gasteiger partial charge in [-0.2, -0.15) is 5.26 Å². The molecule has 0 radical (unpaired) electrons. The maximum absolute atomic E-state index is 8.86. The molecule has 17 heavy (non-hydrogen) atoms. The van der Waals surface area contributed by atoms with Crippen LogP contribution in [0.3, 0.4) is 0 Å². The van der Waals surface area contributed by atoms with Gasteiger partial charge in [-0.15, -0.1) is 0 Å². The van der Waals surface area contributed by atoms with E-state index in [0.29, 0.717) is 22.7 Å². The minimum absolute atomic E-state index is 0.414. The summed E-state index contributed by atoms with van der Waals surface area (Å²) < 4.78 is 6.56. The van der Waals surface area contributed by atoms with Crippen LogP contribution in [0.5, 0.6) is 11.5 Å². The van der Waals surface area contributed by atoms with Gasteiger partial charge in [0.1, 0.15) is 17.6 Å². The minimum Gasteiger partial charge on any atom is -0.457 e. The zero-order valence-corrected chi connectivity index (χ0v) is 10.4. The Morgan fingerprint density at radius 3 is 2.59 bits per heavy atom. The summed E-state index contributed by atoms with van der Waals surface area (Å²) in [5.41, 5.74) is 6.50. The molecule has 2 N–H and O–H groups in total. The van der Waals surface area contributed by atoms with Gasteiger partial charge in [-0.3, -0.25) is 0 Å². The molecule has 0 saturated heterocycles. The standard InChI is InChI=1S/C13H9BrN2O/c14-10-2-1-3-11(7-10)17-12-4-5-13(16)9(6-12)8-15/h1-7H,16H2. The van der Waals surface area contributed by atoms with Crippen LogP contribution < -0.4 is 10.5 Å². The van der Waals surface area contributed by atoms with Gasteiger partial charge in [0.15, 0.2) is 0 Å². The van der Waals surface area contributed by atoms with Crippen molar-refractivity contribution in [1.29, 1.82) is 5.26 Å². The molecule has 4 heteroatoms. The van der Waals surface area contributed by atoms with Crippen LogP contribution in [0.25, 0.3) is 0 Å². The lowest BCUT2D eigenvalue weighted by Crippen LogP contribution is -1.91. The average molecular weight is 289 g/mol. The maximum atomic E-state index is 8.86. The van der Waals surface area contributed by atoms with Crippen LogP contribution in [0.2, 0.25) is 0 Å². The summed E-state index contributed by atoms with van der Waals surface area (Å²) in [6.45, 7) is 0. The van der Waals surface area contributed by atoms with Crippen molar-refractivity contribution in [3.05, 3.63) is 52.5 Å². The van der Waals surface area contributed by atoms with Gasteiger partial charge in [0.2, 0.25) is 0 Å². The first kappa shape index (κ1) is 11.5. The van der Waals surface area contributed by atoms with Gasteiger partial charge in [0.25, 0.3) is 0 Å². The fraction of sp³-hybridized carbons (Fsp3) is 0. The molecule has 2 aromatic carbocycles. The summed E-state index contributed by atoms with van der Waals surface area (Å²) in [6, 6.07) is 14.5. The van der Waals surface area contributed by atoms with Crippen molar-refractivity contribution < 1.29 is 4.74 Å². The summed E-state index contributed by atoms with van der Waals surface area (Å²) in [4.78, 5) is 0. The number of nitrogens with zero attached hydrogens (tertiary/aromatic N) is 1. The van der Waals surface area contributed by atoms with E-state index in [-0.39, 0.29) is 0 Å². The SMILES string of the molecule is N#Cc1cc(Oc2cccc(Br)c2)ccc1N. The second-order valence-electron chi connectivity index (χ2n) is 3.42. The van der Waals surface area contributed by atoms with E-state index < -0.39 is 0 Å². The quantitative estimate of drug-likeness (QED) is 0.858. The molecule has 0 unspecified atom stereocenters. The molecule has 0 bridgehead atoms. The fourth-order valence-electron chi connectivity index (χ4n) is 1.36. The van der Waals surface area contributed by atoms with E-state index in [1.807, 2.05) is 30.3 Å². The Hall–Kier alpha value is -1.99. The van der Waals surface area contributed by atoms with Crippen molar-refractivity contribution in [1.82, 2.24) is 0 Å². The predicted molar refractivity (Wildman–Crippen MR) is 69.8 cm³/mol. The smallest absolute Gasteiger partial charge is 0.128 e. The minimum atomic E-state index is 0.414. The Morgan fingerprint density at radius 2 is 1.88 bits per heavy atom. The van der Waals surface area contributed by atoms with Crippen LogP contribution in [-0.2, 0) is 0 Å². The third kappa shape index (κ3) is 2.77. The molecule has 0 aliphatic rings. The number of hydrogen-bond acceptors (Lipinski definition) is 3. The summed E-state index contributed by atoms with van der Waals surface area (Å²) >= 11 is 3.36. The first-order valence-electron chi connectivity index (χ1n) is 4.92. The predicted octanol–water partition coefficient (Wildman–Crippen LogP) is 3.70. The van der Waals surface area contributed by atoms with Crippen molar-refractivity contribution in [3.63, 3.8) is 0 Å². The van der Waals surface area contributed by atoms with Crippen molar-refractivity contribution >= 4 is 21.6 Å². The van der Waals surface area contributed by atoms with Crippen molar-refractivity contribution in [3.8, 4) is 17.6 Å². The first-order valence-corrected chi connectivity index (χ1v) is 5.71. The molecule has 0 spiro atoms. The Balaban J connectivity index is 2.28. The van der Waals surface area contributed by atoms with E-state index in [0.717, 1.165) is 4.47 Å². The number of ether oxygens (including phenoxy) is 1. The average Bonchev–Trinajstić information content (AvgIpc) is 2.32. The molecule has 0 aliphatic heterocycles. The van der Waals surface area contributed by atoms with Crippen LogP contribution in [0.1, 0.15) is 5.56 Å². The molecule has 0 atom stereocenters. The van der Waals surface area contributed by atoms with E-state index in [1.165, 1.54) is 0 Å². The summed E-state index contributed by atoms with van der Waals surface area (Å²) in [5.74, 6) is 1.29. The molecule has 0 aliphatic carbocycles. The first-order chi connectivity index (χ1) is 8.19. The number of rotatable bonds is 2. The van der Waals surface area contributed by atoms with Crippen LogP contribution in [0.4, 0.5) is 5.69 Å². The number of benzene rings is 2. The molecule has 84 valence electrons. The van der Waals surface area contributed by atoms with Crippen LogP contribution in [-0.4, -0.2) is 0 Å². The summed E-state index contributed by atoms with van der Waals surface area (Å²) in [5, 5.41) is 8.86. The molecular formula is C13H9BrN2O. The molecule has 0 heterocycles. The van der Waals surface area contributed by atoms with Crippen molar-refractivity contribution in [2.24, 2.45) is 0 Å². The highest BCUT2D eigenvalue weighted by molar-refractivity contribution is 9.10. The number of hydrogen-bond donors (Lipinski definition) is 1. The number of anilines is 1. The van der Waals surface area contributed by atoms with E-state index in [1.54, 1.807) is 18.2 Å². The largest absolute Gasteiger partial charge is 0.457 e. The van der Waals surface area contributed by atoms with Crippen LogP contribution in [0.15, 0.2) is 46.9 Å². The second-order valence-corrected chi connectivity index (χ2v) is 4.34. The lowest BCUT2D eigenvalue weighted by Gasteiger charge is -2.07. The second kappa shape index (κ2) is 4.89. The lowest BCUT2D eigenvalue weighted by atomic mass is 10.2. The van der Waals surface area contributed by atoms with Gasteiger partial charge in [0, 0.05) is 16.2 Å². The topological polar surface area (TPSA) is 59.0 Å². The van der Waals surface area contributed by atoms with Gasteiger partial charge < -0.3 is 10.5 Å². The molecule has 0 aromatic heterocycles. The summed E-state index contributed by atoms with van der Waals surface area (Å²) in [7, 11) is 0. The summed E-state index contributed by atoms with van der Waals surface area (Å²) in [6.07, 6.45) is 0. The number of nitrogen functional groups attached to an aromatic ring is 1. The number of halogens is 1. The third-order valence-corrected chi connectivity index (χ3v) is 2.67. The monoisotopic (exact) mass is 288 g/mol. The van der Waals surface area contributed by atoms with Gasteiger partial charge in [-0.05, 0) is 30.3 Å². The highest BCUT2D eigenvalue weighted by Crippen LogP contribution is 2.26. The van der Waals surface area contributed by atoms with Gasteiger partial charge >= 0.3 is 0 Å². The number of nitriles is 1. The van der Waals surface area contributed by atoms with E-state index >= 15 is 0 Å². The fourth-order valence-corrected chi connectivity index (χ4v) is 1.74. The highest BCUT2D eigenvalue weighted by atomic mass is 79.9. The van der Waals surface area contributed by atoms with Crippen molar-refractivity contribution in [2.75, 3.05) is 5.73 Å². The highest BCUT2D eigenvalue weighted by Gasteiger charge is 2.02. The Labute approximate surface area is 108 Å². The van der Waals surface area contributed by atoms with Gasteiger partial charge in [-0.1, -0.05) is 22.0 Å². The van der Waals surface area contributed by atoms with Gasteiger partial charge in [0.05, 0.1) is 5.56 Å². The van der Waals surface area contributed by atoms with E-state index in [4.69, 9.17) is 15.7 Å². The molecule has 0 saturated carbocycles. The van der Waals surface area contributed by atoms with E-state index in [9.17, 15) is 0 Å². The Kier molecular flexibility index (Phi) is 3.31. The van der Waals surface area contributed by atoms with Gasteiger partial charge in [-0.25, -0.2) is 0 Å². The molecule has 2 rings (SSSR count). The zero-order valence-electron chi connectivity index (χ0n) is 8.85. The van der Waals surface area contributed by atoms with Crippen molar-refractivity contribution in [2.45, 2.75) is 0 Å². The Bertz CT molecular complexity index is 590. The molecule has 3 nitrogen and oxygen atoms in total. The molecule has 0 amide bonds. The third-order valence-electron chi connectivity index (χ3n) is 2.18. The zero-order chi connectivity index (χ0) is 12.3. The molecular weight excluding hydrogens is 280 g/mol.